The summed E-state index contributed by atoms with van der Waals surface area (Å²) in [6, 6.07) is 0. The van der Waals surface area contributed by atoms with E-state index in [0.29, 0.717) is 12.8 Å². The quantitative estimate of drug-likeness (QED) is 0.0411. The molecule has 0 unspecified atom stereocenters. The van der Waals surface area contributed by atoms with Crippen molar-refractivity contribution >= 4 is 69.8 Å². The largest absolute Gasteiger partial charge is 2.00 e. The molecule has 0 aromatic heterocycles. The minimum atomic E-state index is -4.26. The van der Waals surface area contributed by atoms with Gasteiger partial charge in [0.1, 0.15) is 0 Å². The Morgan fingerprint density at radius 3 is 1.64 bits per heavy atom. The molecule has 0 bridgehead atoms. The summed E-state index contributed by atoms with van der Waals surface area (Å²) in [6.45, 7) is 7.09. The molecule has 0 aliphatic heterocycles. The van der Waals surface area contributed by atoms with Crippen LogP contribution in [0.3, 0.4) is 0 Å². The molecular weight excluding hydrogens is 573 g/mol. The van der Waals surface area contributed by atoms with Crippen LogP contribution >= 0.6 is 0 Å². The van der Waals surface area contributed by atoms with Gasteiger partial charge in [0.15, 0.2) is 0 Å². The number of carbonyl (C=O) groups excluding carboxylic acids is 1. The molecule has 0 heterocycles. The number of carbonyl (C=O) groups is 1. The Bertz CT molecular complexity index is 863. The van der Waals surface area contributed by atoms with Crippen LogP contribution in [0.1, 0.15) is 103 Å². The van der Waals surface area contributed by atoms with E-state index in [1.807, 2.05) is 12.2 Å². The first-order valence-electron chi connectivity index (χ1n) is 13.5. The van der Waals surface area contributed by atoms with Gasteiger partial charge in [-0.05, 0) is 50.8 Å². The topological polar surface area (TPSA) is 176 Å². The Labute approximate surface area is 266 Å². The third kappa shape index (κ3) is 42.1. The number of hydrogen-bond donors (Lipinski definition) is 2. The molecular formula is C26H48CaN2O8S2. The maximum atomic E-state index is 11.3. The molecule has 10 nitrogen and oxygen atoms in total. The van der Waals surface area contributed by atoms with Crippen LogP contribution in [0.25, 0.3) is 0 Å². The maximum Gasteiger partial charge on any atom is 2.00 e. The monoisotopic (exact) mass is 620 g/mol. The van der Waals surface area contributed by atoms with Gasteiger partial charge in [-0.2, -0.15) is 8.42 Å². The van der Waals surface area contributed by atoms with E-state index < -0.39 is 31.7 Å². The molecule has 0 aromatic rings. The van der Waals surface area contributed by atoms with Gasteiger partial charge < -0.3 is 20.0 Å². The van der Waals surface area contributed by atoms with E-state index in [1.165, 1.54) is 32.1 Å². The van der Waals surface area contributed by atoms with Gasteiger partial charge in [-0.15, -0.1) is 13.2 Å². The molecule has 0 atom stereocenters. The minimum Gasteiger partial charge on any atom is -0.862 e. The van der Waals surface area contributed by atoms with Crippen molar-refractivity contribution in [1.29, 1.82) is 0 Å². The van der Waals surface area contributed by atoms with Crippen molar-refractivity contribution in [2.45, 2.75) is 103 Å². The summed E-state index contributed by atoms with van der Waals surface area (Å²) in [5.41, 5.74) is 0. The smallest absolute Gasteiger partial charge is 0.862 e. The SMILES string of the molecule is C=CCCCCCCCCC(=O)NCCS(=O)(=O)O.C=CCCCCCCCCC([O-])=NCCS(=O)(=O)[O-].[Ca+2]. The molecule has 0 rings (SSSR count). The van der Waals surface area contributed by atoms with Gasteiger partial charge in [0.05, 0.1) is 28.2 Å². The van der Waals surface area contributed by atoms with E-state index in [4.69, 9.17) is 4.55 Å². The van der Waals surface area contributed by atoms with Gasteiger partial charge in [-0.3, -0.25) is 9.35 Å². The molecule has 2 N–H and O–H groups in total. The second kappa shape index (κ2) is 29.0. The van der Waals surface area contributed by atoms with Gasteiger partial charge in [0.2, 0.25) is 5.91 Å². The molecule has 0 saturated carbocycles. The van der Waals surface area contributed by atoms with E-state index in [9.17, 15) is 31.3 Å². The zero-order valence-corrected chi connectivity index (χ0v) is 27.3. The summed E-state index contributed by atoms with van der Waals surface area (Å²) in [4.78, 5) is 14.8. The summed E-state index contributed by atoms with van der Waals surface area (Å²) >= 11 is 0. The molecule has 0 aliphatic carbocycles. The van der Waals surface area contributed by atoms with Crippen LogP contribution in [0.5, 0.6) is 0 Å². The van der Waals surface area contributed by atoms with Gasteiger partial charge in [-0.25, -0.2) is 8.42 Å². The second-order valence-electron chi connectivity index (χ2n) is 9.07. The van der Waals surface area contributed by atoms with Crippen molar-refractivity contribution in [2.24, 2.45) is 4.99 Å². The van der Waals surface area contributed by atoms with Crippen molar-refractivity contribution < 1.29 is 35.8 Å². The van der Waals surface area contributed by atoms with Crippen LogP contribution in [-0.4, -0.2) is 100 Å². The predicted molar refractivity (Wildman–Crippen MR) is 156 cm³/mol. The molecule has 1 amide bonds. The van der Waals surface area contributed by atoms with Crippen LogP contribution in [0.2, 0.25) is 0 Å². The molecule has 39 heavy (non-hydrogen) atoms. The number of rotatable bonds is 24. The van der Waals surface area contributed by atoms with Crippen molar-refractivity contribution in [3.8, 4) is 0 Å². The number of amides is 1. The average molecular weight is 621 g/mol. The van der Waals surface area contributed by atoms with Gasteiger partial charge >= 0.3 is 37.7 Å². The number of allylic oxidation sites excluding steroid dienone is 2. The van der Waals surface area contributed by atoms with E-state index >= 15 is 0 Å². The van der Waals surface area contributed by atoms with Crippen molar-refractivity contribution in [3.63, 3.8) is 0 Å². The fraction of sp³-hybridized carbons (Fsp3) is 0.769. The van der Waals surface area contributed by atoms with E-state index in [1.54, 1.807) is 0 Å². The second-order valence-corrected chi connectivity index (χ2v) is 12.2. The van der Waals surface area contributed by atoms with Crippen LogP contribution < -0.4 is 10.4 Å². The zero-order chi connectivity index (χ0) is 29.1. The van der Waals surface area contributed by atoms with E-state index in [0.717, 1.165) is 57.8 Å². The first-order valence-corrected chi connectivity index (χ1v) is 16.7. The number of unbranched alkanes of at least 4 members (excludes halogenated alkanes) is 12. The number of nitrogens with one attached hydrogen (secondary N) is 1. The van der Waals surface area contributed by atoms with Crippen molar-refractivity contribution in [2.75, 3.05) is 24.6 Å². The third-order valence-electron chi connectivity index (χ3n) is 5.42. The van der Waals surface area contributed by atoms with Gasteiger partial charge in [0, 0.05) is 13.0 Å². The Balaban J connectivity index is -0.000000648. The minimum absolute atomic E-state index is 0. The van der Waals surface area contributed by atoms with Crippen LogP contribution in [-0.2, 0) is 25.0 Å². The van der Waals surface area contributed by atoms with Crippen LogP contribution in [0, 0.1) is 0 Å². The summed E-state index contributed by atoms with van der Waals surface area (Å²) in [6.07, 6.45) is 19.6. The fourth-order valence-corrected chi connectivity index (χ4v) is 4.00. The molecule has 0 radical (unpaired) electrons. The van der Waals surface area contributed by atoms with Gasteiger partial charge in [0.25, 0.3) is 10.1 Å². The fourth-order valence-electron chi connectivity index (χ4n) is 3.32. The molecule has 0 saturated heterocycles. The standard InChI is InChI=1S/2C13H25NO4S.Ca/c2*1-2-3-4-5-6-7-8-9-10-13(15)14-11-12-19(16,17)18;/h2*2H,1,3-12H2,(H,14,15)(H,16,17,18);/q;;+2/p-2. The Morgan fingerprint density at radius 2 is 1.21 bits per heavy atom. The number of aliphatic imine (C=N–C) groups is 1. The van der Waals surface area contributed by atoms with Crippen molar-refractivity contribution in [3.05, 3.63) is 25.3 Å². The van der Waals surface area contributed by atoms with E-state index in [-0.39, 0.29) is 62.6 Å². The van der Waals surface area contributed by atoms with Gasteiger partial charge in [-0.1, -0.05) is 63.5 Å². The van der Waals surface area contributed by atoms with Crippen LogP contribution in [0.15, 0.2) is 30.3 Å². The molecule has 0 fully saturated rings. The first-order chi connectivity index (χ1) is 17.9. The van der Waals surface area contributed by atoms with Crippen LogP contribution in [0.4, 0.5) is 0 Å². The predicted octanol–water partition coefficient (Wildman–Crippen LogP) is 3.51. The normalized spacial score (nSPS) is 11.6. The summed E-state index contributed by atoms with van der Waals surface area (Å²) in [5, 5.41) is 13.7. The Kier molecular flexibility index (Phi) is 32.0. The van der Waals surface area contributed by atoms with Crippen molar-refractivity contribution in [1.82, 2.24) is 5.32 Å². The zero-order valence-electron chi connectivity index (χ0n) is 23.5. The third-order valence-corrected chi connectivity index (χ3v) is 6.83. The maximum absolute atomic E-state index is 11.3. The molecule has 13 heteroatoms. The first kappa shape index (κ1) is 43.0. The summed E-state index contributed by atoms with van der Waals surface area (Å²) in [5.74, 6) is -1.49. The number of nitrogens with zero attached hydrogens (tertiary/aromatic N) is 1. The molecule has 0 aliphatic rings. The molecule has 224 valence electrons. The number of hydrogen-bond acceptors (Lipinski definition) is 8. The molecule has 0 aromatic carbocycles. The summed E-state index contributed by atoms with van der Waals surface area (Å²) in [7, 11) is -8.24. The summed E-state index contributed by atoms with van der Waals surface area (Å²) < 4.78 is 60.2. The molecule has 0 spiro atoms. The Hall–Kier alpha value is -0.500. The van der Waals surface area contributed by atoms with E-state index in [2.05, 4.69) is 23.5 Å². The average Bonchev–Trinajstić information content (AvgIpc) is 2.81. The Morgan fingerprint density at radius 1 is 0.769 bits per heavy atom.